The first-order valence-electron chi connectivity index (χ1n) is 6.05. The SMILES string of the molecule is CNS(=O)(=O)c1ccc(CN=C(N)NCCOC)cc1.I. The summed E-state index contributed by atoms with van der Waals surface area (Å²) >= 11 is 0. The fraction of sp³-hybridized carbons (Fsp3) is 0.417. The Hall–Kier alpha value is -0.910. The second-order valence-corrected chi connectivity index (χ2v) is 5.86. The number of benzene rings is 1. The van der Waals surface area contributed by atoms with Crippen molar-refractivity contribution >= 4 is 40.0 Å². The maximum absolute atomic E-state index is 11.5. The Kier molecular flexibility index (Phi) is 9.49. The Morgan fingerprint density at radius 2 is 1.95 bits per heavy atom. The highest BCUT2D eigenvalue weighted by atomic mass is 127. The molecule has 0 unspecified atom stereocenters. The summed E-state index contributed by atoms with van der Waals surface area (Å²) in [6.07, 6.45) is 0. The van der Waals surface area contributed by atoms with Crippen molar-refractivity contribution in [1.82, 2.24) is 10.0 Å². The molecule has 120 valence electrons. The van der Waals surface area contributed by atoms with Crippen molar-refractivity contribution in [1.29, 1.82) is 0 Å². The van der Waals surface area contributed by atoms with Gasteiger partial charge in [0, 0.05) is 13.7 Å². The zero-order chi connectivity index (χ0) is 15.0. The van der Waals surface area contributed by atoms with Crippen LogP contribution in [0.2, 0.25) is 0 Å². The number of halogens is 1. The number of hydrogen-bond acceptors (Lipinski definition) is 4. The van der Waals surface area contributed by atoms with Crippen LogP contribution >= 0.6 is 24.0 Å². The van der Waals surface area contributed by atoms with Crippen molar-refractivity contribution < 1.29 is 13.2 Å². The topological polar surface area (TPSA) is 106 Å². The smallest absolute Gasteiger partial charge is 0.240 e. The van der Waals surface area contributed by atoms with E-state index in [1.165, 1.54) is 19.2 Å². The summed E-state index contributed by atoms with van der Waals surface area (Å²) in [5.74, 6) is 0.328. The van der Waals surface area contributed by atoms with E-state index in [4.69, 9.17) is 10.5 Å². The number of ether oxygens (including phenoxy) is 1. The predicted molar refractivity (Wildman–Crippen MR) is 93.3 cm³/mol. The lowest BCUT2D eigenvalue weighted by molar-refractivity contribution is 0.204. The van der Waals surface area contributed by atoms with Crippen LogP contribution in [0.15, 0.2) is 34.2 Å². The number of hydrogen-bond donors (Lipinski definition) is 3. The predicted octanol–water partition coefficient (Wildman–Crippen LogP) is 0.263. The van der Waals surface area contributed by atoms with E-state index in [0.717, 1.165) is 5.56 Å². The van der Waals surface area contributed by atoms with Crippen molar-refractivity contribution in [3.8, 4) is 0 Å². The lowest BCUT2D eigenvalue weighted by atomic mass is 10.2. The van der Waals surface area contributed by atoms with Gasteiger partial charge in [-0.2, -0.15) is 0 Å². The Balaban J connectivity index is 0.00000400. The molecule has 0 aliphatic heterocycles. The van der Waals surface area contributed by atoms with Crippen LogP contribution in [0.25, 0.3) is 0 Å². The molecule has 0 aliphatic carbocycles. The van der Waals surface area contributed by atoms with Gasteiger partial charge in [0.1, 0.15) is 0 Å². The molecule has 1 aromatic carbocycles. The summed E-state index contributed by atoms with van der Waals surface area (Å²) in [6.45, 7) is 1.52. The molecule has 1 aromatic rings. The van der Waals surface area contributed by atoms with Crippen LogP contribution in [0, 0.1) is 0 Å². The van der Waals surface area contributed by atoms with Crippen molar-refractivity contribution in [2.75, 3.05) is 27.3 Å². The number of sulfonamides is 1. The highest BCUT2D eigenvalue weighted by molar-refractivity contribution is 14.0. The van der Waals surface area contributed by atoms with Crippen LogP contribution in [0.1, 0.15) is 5.56 Å². The van der Waals surface area contributed by atoms with Gasteiger partial charge in [-0.05, 0) is 24.7 Å². The van der Waals surface area contributed by atoms with Gasteiger partial charge in [0.15, 0.2) is 5.96 Å². The van der Waals surface area contributed by atoms with Crippen LogP contribution in [-0.2, 0) is 21.3 Å². The minimum absolute atomic E-state index is 0. The summed E-state index contributed by atoms with van der Waals surface area (Å²) < 4.78 is 30.2. The number of rotatable bonds is 7. The first kappa shape index (κ1) is 20.1. The van der Waals surface area contributed by atoms with Crippen molar-refractivity contribution in [3.05, 3.63) is 29.8 Å². The highest BCUT2D eigenvalue weighted by Gasteiger charge is 2.09. The van der Waals surface area contributed by atoms with Crippen LogP contribution in [0.5, 0.6) is 0 Å². The zero-order valence-electron chi connectivity index (χ0n) is 12.0. The number of guanidine groups is 1. The fourth-order valence-electron chi connectivity index (χ4n) is 1.41. The Morgan fingerprint density at radius 1 is 1.33 bits per heavy atom. The van der Waals surface area contributed by atoms with E-state index in [2.05, 4.69) is 15.0 Å². The molecule has 0 aliphatic rings. The number of nitrogens with zero attached hydrogens (tertiary/aromatic N) is 1. The molecule has 0 saturated carbocycles. The summed E-state index contributed by atoms with van der Waals surface area (Å²) in [5, 5.41) is 2.90. The minimum Gasteiger partial charge on any atom is -0.383 e. The minimum atomic E-state index is -3.40. The standard InChI is InChI=1S/C12H20N4O3S.HI/c1-14-20(17,18)11-5-3-10(4-6-11)9-16-12(13)15-7-8-19-2;/h3-6,14H,7-9H2,1-2H3,(H3,13,15,16);1H. The molecule has 7 nitrogen and oxygen atoms in total. The van der Waals surface area contributed by atoms with Crippen molar-refractivity contribution in [2.24, 2.45) is 10.7 Å². The number of methoxy groups -OCH3 is 1. The van der Waals surface area contributed by atoms with Gasteiger partial charge in [-0.1, -0.05) is 12.1 Å². The summed E-state index contributed by atoms with van der Waals surface area (Å²) in [6, 6.07) is 6.47. The van der Waals surface area contributed by atoms with Gasteiger partial charge in [-0.15, -0.1) is 24.0 Å². The van der Waals surface area contributed by atoms with E-state index in [0.29, 0.717) is 25.7 Å². The molecule has 0 saturated heterocycles. The average Bonchev–Trinajstić information content (AvgIpc) is 2.46. The van der Waals surface area contributed by atoms with Gasteiger partial charge in [0.2, 0.25) is 10.0 Å². The maximum atomic E-state index is 11.5. The first-order chi connectivity index (χ1) is 9.49. The van der Waals surface area contributed by atoms with Crippen molar-refractivity contribution in [2.45, 2.75) is 11.4 Å². The quantitative estimate of drug-likeness (QED) is 0.250. The maximum Gasteiger partial charge on any atom is 0.240 e. The third-order valence-corrected chi connectivity index (χ3v) is 3.98. The fourth-order valence-corrected chi connectivity index (χ4v) is 2.14. The summed E-state index contributed by atoms with van der Waals surface area (Å²) in [5.41, 5.74) is 6.53. The van der Waals surface area contributed by atoms with Gasteiger partial charge >= 0.3 is 0 Å². The van der Waals surface area contributed by atoms with Gasteiger partial charge in [0.05, 0.1) is 18.0 Å². The van der Waals surface area contributed by atoms with Crippen LogP contribution < -0.4 is 15.8 Å². The summed E-state index contributed by atoms with van der Waals surface area (Å²) in [4.78, 5) is 4.36. The molecule has 0 atom stereocenters. The molecule has 0 amide bonds. The second kappa shape index (κ2) is 9.92. The second-order valence-electron chi connectivity index (χ2n) is 3.97. The number of nitrogens with one attached hydrogen (secondary N) is 2. The summed E-state index contributed by atoms with van der Waals surface area (Å²) in [7, 11) is -0.416. The van der Waals surface area contributed by atoms with Crippen LogP contribution in [-0.4, -0.2) is 41.7 Å². The number of nitrogens with two attached hydrogens (primary N) is 1. The molecule has 4 N–H and O–H groups in total. The largest absolute Gasteiger partial charge is 0.383 e. The molecule has 0 radical (unpaired) electrons. The van der Waals surface area contributed by atoms with Crippen LogP contribution in [0.3, 0.4) is 0 Å². The van der Waals surface area contributed by atoms with Crippen molar-refractivity contribution in [3.63, 3.8) is 0 Å². The molecule has 1 rings (SSSR count). The average molecular weight is 428 g/mol. The van der Waals surface area contributed by atoms with E-state index in [1.807, 2.05) is 0 Å². The van der Waals surface area contributed by atoms with E-state index in [9.17, 15) is 8.42 Å². The number of aliphatic imine (C=N–C) groups is 1. The molecule has 21 heavy (non-hydrogen) atoms. The molecule has 9 heteroatoms. The van der Waals surface area contributed by atoms with Crippen LogP contribution in [0.4, 0.5) is 0 Å². The molecular formula is C12H21IN4O3S. The van der Waals surface area contributed by atoms with Gasteiger partial charge in [0.25, 0.3) is 0 Å². The molecule has 0 aromatic heterocycles. The highest BCUT2D eigenvalue weighted by Crippen LogP contribution is 2.10. The van der Waals surface area contributed by atoms with E-state index in [-0.39, 0.29) is 28.9 Å². The lowest BCUT2D eigenvalue weighted by Crippen LogP contribution is -2.34. The first-order valence-corrected chi connectivity index (χ1v) is 7.53. The normalized spacial score (nSPS) is 11.8. The van der Waals surface area contributed by atoms with Gasteiger partial charge in [-0.25, -0.2) is 18.1 Å². The third-order valence-electron chi connectivity index (χ3n) is 2.55. The lowest BCUT2D eigenvalue weighted by Gasteiger charge is -2.05. The Morgan fingerprint density at radius 3 is 2.48 bits per heavy atom. The monoisotopic (exact) mass is 428 g/mol. The van der Waals surface area contributed by atoms with Gasteiger partial charge in [-0.3, -0.25) is 0 Å². The molecule has 0 heterocycles. The third kappa shape index (κ3) is 7.07. The zero-order valence-corrected chi connectivity index (χ0v) is 15.1. The van der Waals surface area contributed by atoms with Gasteiger partial charge < -0.3 is 15.8 Å². The van der Waals surface area contributed by atoms with E-state index >= 15 is 0 Å². The molecular weight excluding hydrogens is 407 g/mol. The molecule has 0 spiro atoms. The molecule has 0 bridgehead atoms. The Bertz CT molecular complexity index is 546. The van der Waals surface area contributed by atoms with E-state index < -0.39 is 10.0 Å². The molecule has 0 fully saturated rings. The van der Waals surface area contributed by atoms with E-state index in [1.54, 1.807) is 19.2 Å². The Labute approximate surface area is 142 Å².